The fraction of sp³-hybridized carbons (Fsp3) is 0.263. The molecule has 1 atom stereocenters. The number of halogens is 1. The van der Waals surface area contributed by atoms with E-state index in [0.717, 1.165) is 5.69 Å². The molecule has 1 saturated heterocycles. The van der Waals surface area contributed by atoms with Crippen LogP contribution in [0.3, 0.4) is 0 Å². The number of benzene rings is 2. The zero-order chi connectivity index (χ0) is 17.6. The summed E-state index contributed by atoms with van der Waals surface area (Å²) in [6, 6.07) is 15.3. The standard InChI is InChI=1S/C19H19FN2O3/c20-15-6-4-5-14(11-15)12-18(23)21-10-9-17-13-22(19(24)25-17)16-7-2-1-3-8-16/h1-8,11,17H,9-10,12-13H2,(H,21,23). The highest BCUT2D eigenvalue weighted by molar-refractivity contribution is 5.89. The topological polar surface area (TPSA) is 58.6 Å². The fourth-order valence-corrected chi connectivity index (χ4v) is 2.76. The molecule has 1 N–H and O–H groups in total. The molecule has 1 heterocycles. The zero-order valence-electron chi connectivity index (χ0n) is 13.7. The summed E-state index contributed by atoms with van der Waals surface area (Å²) in [7, 11) is 0. The Balaban J connectivity index is 1.43. The molecule has 0 spiro atoms. The quantitative estimate of drug-likeness (QED) is 0.878. The van der Waals surface area contributed by atoms with Gasteiger partial charge < -0.3 is 10.1 Å². The zero-order valence-corrected chi connectivity index (χ0v) is 13.7. The number of hydrogen-bond donors (Lipinski definition) is 1. The second-order valence-electron chi connectivity index (χ2n) is 5.90. The van der Waals surface area contributed by atoms with Crippen molar-refractivity contribution in [2.24, 2.45) is 0 Å². The number of para-hydroxylation sites is 1. The number of rotatable bonds is 6. The SMILES string of the molecule is O=C(Cc1cccc(F)c1)NCCC1CN(c2ccccc2)C(=O)O1. The van der Waals surface area contributed by atoms with Crippen LogP contribution in [0, 0.1) is 5.82 Å². The van der Waals surface area contributed by atoms with Crippen molar-refractivity contribution in [3.63, 3.8) is 0 Å². The highest BCUT2D eigenvalue weighted by Crippen LogP contribution is 2.22. The van der Waals surface area contributed by atoms with Crippen LogP contribution in [0.15, 0.2) is 54.6 Å². The lowest BCUT2D eigenvalue weighted by Crippen LogP contribution is -2.30. The number of cyclic esters (lactones) is 1. The molecule has 25 heavy (non-hydrogen) atoms. The minimum Gasteiger partial charge on any atom is -0.444 e. The van der Waals surface area contributed by atoms with E-state index in [0.29, 0.717) is 25.1 Å². The van der Waals surface area contributed by atoms with Crippen LogP contribution in [0.2, 0.25) is 0 Å². The maximum Gasteiger partial charge on any atom is 0.414 e. The number of ether oxygens (including phenoxy) is 1. The number of carbonyl (C=O) groups excluding carboxylic acids is 2. The van der Waals surface area contributed by atoms with Gasteiger partial charge in [0.1, 0.15) is 11.9 Å². The Morgan fingerprint density at radius 1 is 1.20 bits per heavy atom. The normalized spacial score (nSPS) is 16.6. The van der Waals surface area contributed by atoms with Crippen molar-refractivity contribution in [1.82, 2.24) is 5.32 Å². The molecule has 1 unspecified atom stereocenters. The third-order valence-electron chi connectivity index (χ3n) is 3.98. The average Bonchev–Trinajstić information content (AvgIpc) is 2.96. The number of hydrogen-bond acceptors (Lipinski definition) is 3. The molecule has 1 aliphatic rings. The highest BCUT2D eigenvalue weighted by atomic mass is 19.1. The maximum atomic E-state index is 13.1. The van der Waals surface area contributed by atoms with Crippen molar-refractivity contribution < 1.29 is 18.7 Å². The molecule has 0 aromatic heterocycles. The van der Waals surface area contributed by atoms with Gasteiger partial charge >= 0.3 is 6.09 Å². The third-order valence-corrected chi connectivity index (χ3v) is 3.98. The molecule has 130 valence electrons. The Morgan fingerprint density at radius 3 is 2.76 bits per heavy atom. The van der Waals surface area contributed by atoms with E-state index in [1.54, 1.807) is 17.0 Å². The van der Waals surface area contributed by atoms with Crippen molar-refractivity contribution in [3.05, 3.63) is 66.0 Å². The molecule has 0 bridgehead atoms. The molecule has 5 nitrogen and oxygen atoms in total. The van der Waals surface area contributed by atoms with Gasteiger partial charge in [-0.25, -0.2) is 9.18 Å². The van der Waals surface area contributed by atoms with E-state index >= 15 is 0 Å². The van der Waals surface area contributed by atoms with Crippen LogP contribution in [-0.2, 0) is 16.0 Å². The van der Waals surface area contributed by atoms with E-state index in [1.807, 2.05) is 30.3 Å². The lowest BCUT2D eigenvalue weighted by molar-refractivity contribution is -0.120. The van der Waals surface area contributed by atoms with Gasteiger partial charge in [0, 0.05) is 18.7 Å². The number of amides is 2. The Bertz CT molecular complexity index is 751. The van der Waals surface area contributed by atoms with E-state index in [-0.39, 0.29) is 30.3 Å². The van der Waals surface area contributed by atoms with Crippen molar-refractivity contribution in [2.45, 2.75) is 18.9 Å². The molecule has 1 fully saturated rings. The van der Waals surface area contributed by atoms with Crippen LogP contribution in [0.1, 0.15) is 12.0 Å². The molecule has 3 rings (SSSR count). The minimum absolute atomic E-state index is 0.123. The monoisotopic (exact) mass is 342 g/mol. The first kappa shape index (κ1) is 17.0. The van der Waals surface area contributed by atoms with Crippen LogP contribution in [0.5, 0.6) is 0 Å². The second-order valence-corrected chi connectivity index (χ2v) is 5.90. The number of nitrogens with one attached hydrogen (secondary N) is 1. The van der Waals surface area contributed by atoms with E-state index in [1.165, 1.54) is 12.1 Å². The molecule has 0 saturated carbocycles. The molecule has 1 aliphatic heterocycles. The van der Waals surface area contributed by atoms with Gasteiger partial charge in [-0.3, -0.25) is 9.69 Å². The fourth-order valence-electron chi connectivity index (χ4n) is 2.76. The van der Waals surface area contributed by atoms with E-state index in [9.17, 15) is 14.0 Å². The van der Waals surface area contributed by atoms with Gasteiger partial charge in [-0.05, 0) is 29.8 Å². The van der Waals surface area contributed by atoms with Crippen molar-refractivity contribution in [2.75, 3.05) is 18.0 Å². The predicted octanol–water partition coefficient (Wildman–Crippen LogP) is 2.90. The van der Waals surface area contributed by atoms with Crippen LogP contribution in [0.4, 0.5) is 14.9 Å². The van der Waals surface area contributed by atoms with Crippen molar-refractivity contribution in [3.8, 4) is 0 Å². The molecular weight excluding hydrogens is 323 g/mol. The Morgan fingerprint density at radius 2 is 2.00 bits per heavy atom. The van der Waals surface area contributed by atoms with E-state index in [4.69, 9.17) is 4.74 Å². The van der Waals surface area contributed by atoms with Crippen LogP contribution < -0.4 is 10.2 Å². The molecule has 6 heteroatoms. The molecule has 2 aromatic carbocycles. The molecule has 0 aliphatic carbocycles. The number of nitrogens with zero attached hydrogens (tertiary/aromatic N) is 1. The van der Waals surface area contributed by atoms with Gasteiger partial charge in [0.15, 0.2) is 0 Å². The van der Waals surface area contributed by atoms with E-state index < -0.39 is 0 Å². The van der Waals surface area contributed by atoms with Crippen molar-refractivity contribution >= 4 is 17.7 Å². The van der Waals surface area contributed by atoms with Gasteiger partial charge in [0.25, 0.3) is 0 Å². The summed E-state index contributed by atoms with van der Waals surface area (Å²) in [4.78, 5) is 25.4. The van der Waals surface area contributed by atoms with Crippen molar-refractivity contribution in [1.29, 1.82) is 0 Å². The smallest absolute Gasteiger partial charge is 0.414 e. The minimum atomic E-state index is -0.373. The first-order valence-corrected chi connectivity index (χ1v) is 8.16. The first-order valence-electron chi connectivity index (χ1n) is 8.16. The Kier molecular flexibility index (Phi) is 5.28. The molecule has 2 aromatic rings. The highest BCUT2D eigenvalue weighted by Gasteiger charge is 2.31. The first-order chi connectivity index (χ1) is 12.1. The summed E-state index contributed by atoms with van der Waals surface area (Å²) in [5.74, 6) is -0.543. The lowest BCUT2D eigenvalue weighted by Gasteiger charge is -2.12. The van der Waals surface area contributed by atoms with Gasteiger partial charge in [-0.15, -0.1) is 0 Å². The van der Waals surface area contributed by atoms with Gasteiger partial charge in [-0.2, -0.15) is 0 Å². The lowest BCUT2D eigenvalue weighted by atomic mass is 10.1. The molecule has 0 radical (unpaired) electrons. The van der Waals surface area contributed by atoms with Crippen LogP contribution in [-0.4, -0.2) is 31.2 Å². The number of anilines is 1. The molecular formula is C19H19FN2O3. The molecule has 2 amide bonds. The third kappa shape index (κ3) is 4.56. The van der Waals surface area contributed by atoms with E-state index in [2.05, 4.69) is 5.32 Å². The summed E-state index contributed by atoms with van der Waals surface area (Å²) in [6.07, 6.45) is 0.0203. The second kappa shape index (κ2) is 7.79. The van der Waals surface area contributed by atoms with Crippen LogP contribution in [0.25, 0.3) is 0 Å². The summed E-state index contributed by atoms with van der Waals surface area (Å²) in [6.45, 7) is 0.858. The van der Waals surface area contributed by atoms with Gasteiger partial charge in [0.2, 0.25) is 5.91 Å². The Labute approximate surface area is 145 Å². The summed E-state index contributed by atoms with van der Waals surface area (Å²) < 4.78 is 18.4. The van der Waals surface area contributed by atoms with Gasteiger partial charge in [0.05, 0.1) is 13.0 Å². The summed E-state index contributed by atoms with van der Waals surface area (Å²) >= 11 is 0. The van der Waals surface area contributed by atoms with Gasteiger partial charge in [-0.1, -0.05) is 30.3 Å². The van der Waals surface area contributed by atoms with Crippen LogP contribution >= 0.6 is 0 Å². The Hall–Kier alpha value is -2.89. The number of carbonyl (C=O) groups is 2. The summed E-state index contributed by atoms with van der Waals surface area (Å²) in [5, 5.41) is 2.78. The average molecular weight is 342 g/mol. The predicted molar refractivity (Wildman–Crippen MR) is 91.8 cm³/mol. The summed E-state index contributed by atoms with van der Waals surface area (Å²) in [5.41, 5.74) is 1.42. The maximum absolute atomic E-state index is 13.1. The largest absolute Gasteiger partial charge is 0.444 e.